The van der Waals surface area contributed by atoms with Crippen LogP contribution in [0.3, 0.4) is 0 Å². The van der Waals surface area contributed by atoms with Crippen molar-refractivity contribution in [3.63, 3.8) is 0 Å². The van der Waals surface area contributed by atoms with Gasteiger partial charge in [0.15, 0.2) is 0 Å². The van der Waals surface area contributed by atoms with Gasteiger partial charge in [-0.2, -0.15) is 0 Å². The van der Waals surface area contributed by atoms with Crippen LogP contribution in [0.4, 0.5) is 5.00 Å². The van der Waals surface area contributed by atoms with Gasteiger partial charge in [0.25, 0.3) is 5.91 Å². The van der Waals surface area contributed by atoms with E-state index in [0.717, 1.165) is 16.0 Å². The Bertz CT molecular complexity index is 1090. The van der Waals surface area contributed by atoms with E-state index in [2.05, 4.69) is 26.1 Å². The predicted octanol–water partition coefficient (Wildman–Crippen LogP) is 6.71. The van der Waals surface area contributed by atoms with Gasteiger partial charge in [0, 0.05) is 21.0 Å². The molecule has 0 saturated carbocycles. The van der Waals surface area contributed by atoms with Crippen molar-refractivity contribution in [3.05, 3.63) is 75.1 Å². The van der Waals surface area contributed by atoms with Crippen LogP contribution in [0.1, 0.15) is 51.9 Å². The Balaban J connectivity index is 1.99. The zero-order valence-electron chi connectivity index (χ0n) is 17.6. The molecule has 2 aromatic carbocycles. The van der Waals surface area contributed by atoms with Gasteiger partial charge in [0.1, 0.15) is 10.6 Å². The predicted molar refractivity (Wildman–Crippen MR) is 124 cm³/mol. The van der Waals surface area contributed by atoms with Gasteiger partial charge >= 0.3 is 5.97 Å². The number of methoxy groups -OCH3 is 1. The molecular formula is C24H24ClNO3S. The molecule has 0 unspecified atom stereocenters. The fourth-order valence-electron chi connectivity index (χ4n) is 3.22. The first-order valence-corrected chi connectivity index (χ1v) is 10.7. The number of anilines is 1. The molecule has 1 amide bonds. The van der Waals surface area contributed by atoms with E-state index in [9.17, 15) is 9.59 Å². The highest BCUT2D eigenvalue weighted by molar-refractivity contribution is 7.17. The summed E-state index contributed by atoms with van der Waals surface area (Å²) in [6.45, 7) is 8.27. The number of esters is 1. The Labute approximate surface area is 185 Å². The molecule has 30 heavy (non-hydrogen) atoms. The van der Waals surface area contributed by atoms with Crippen molar-refractivity contribution in [1.82, 2.24) is 0 Å². The molecule has 0 radical (unpaired) electrons. The van der Waals surface area contributed by atoms with Crippen molar-refractivity contribution < 1.29 is 14.3 Å². The number of hydrogen-bond donors (Lipinski definition) is 1. The van der Waals surface area contributed by atoms with Gasteiger partial charge in [-0.1, -0.05) is 56.6 Å². The van der Waals surface area contributed by atoms with Crippen molar-refractivity contribution >= 4 is 39.8 Å². The molecule has 0 aliphatic carbocycles. The van der Waals surface area contributed by atoms with E-state index in [1.165, 1.54) is 18.4 Å². The highest BCUT2D eigenvalue weighted by Crippen LogP contribution is 2.41. The molecule has 1 aromatic heterocycles. The topological polar surface area (TPSA) is 55.4 Å². The van der Waals surface area contributed by atoms with Crippen LogP contribution >= 0.6 is 22.9 Å². The molecule has 1 heterocycles. The molecule has 4 nitrogen and oxygen atoms in total. The summed E-state index contributed by atoms with van der Waals surface area (Å²) in [5.41, 5.74) is 3.52. The molecule has 0 aliphatic heterocycles. The number of amides is 1. The zero-order valence-corrected chi connectivity index (χ0v) is 19.2. The van der Waals surface area contributed by atoms with E-state index in [4.69, 9.17) is 16.3 Å². The summed E-state index contributed by atoms with van der Waals surface area (Å²) in [6, 6.07) is 14.8. The normalized spacial score (nSPS) is 11.3. The molecule has 0 aliphatic rings. The van der Waals surface area contributed by atoms with Crippen LogP contribution in [0.15, 0.2) is 48.5 Å². The van der Waals surface area contributed by atoms with Crippen LogP contribution in [0.5, 0.6) is 0 Å². The molecule has 3 rings (SSSR count). The van der Waals surface area contributed by atoms with Crippen LogP contribution in [-0.2, 0) is 10.2 Å². The number of benzene rings is 2. The van der Waals surface area contributed by atoms with Gasteiger partial charge in [-0.15, -0.1) is 11.3 Å². The molecule has 0 spiro atoms. The number of carbonyl (C=O) groups is 2. The molecule has 0 saturated heterocycles. The number of rotatable bonds is 4. The SMILES string of the molecule is COC(=O)c1c(NC(=O)c2ccc(C(C)(C)C)cc2)sc(C)c1-c1cccc(Cl)c1. The maximum absolute atomic E-state index is 12.9. The fourth-order valence-corrected chi connectivity index (χ4v) is 4.47. The minimum atomic E-state index is -0.507. The first-order valence-electron chi connectivity index (χ1n) is 9.51. The quantitative estimate of drug-likeness (QED) is 0.457. The third kappa shape index (κ3) is 4.58. The monoisotopic (exact) mass is 441 g/mol. The zero-order chi connectivity index (χ0) is 22.1. The van der Waals surface area contributed by atoms with Crippen LogP contribution in [0, 0.1) is 6.92 Å². The van der Waals surface area contributed by atoms with Crippen molar-refractivity contribution in [1.29, 1.82) is 0 Å². The third-order valence-corrected chi connectivity index (χ3v) is 6.08. The van der Waals surface area contributed by atoms with E-state index >= 15 is 0 Å². The largest absolute Gasteiger partial charge is 0.465 e. The second-order valence-electron chi connectivity index (χ2n) is 8.02. The molecule has 0 bridgehead atoms. The average Bonchev–Trinajstić information content (AvgIpc) is 3.02. The van der Waals surface area contributed by atoms with Crippen LogP contribution < -0.4 is 5.32 Å². The number of carbonyl (C=O) groups excluding carboxylic acids is 2. The van der Waals surface area contributed by atoms with Crippen LogP contribution in [0.25, 0.3) is 11.1 Å². The molecular weight excluding hydrogens is 418 g/mol. The van der Waals surface area contributed by atoms with Crippen LogP contribution in [0.2, 0.25) is 5.02 Å². The summed E-state index contributed by atoms with van der Waals surface area (Å²) in [5, 5.41) is 3.92. The Morgan fingerprint density at radius 1 is 1.07 bits per heavy atom. The van der Waals surface area contributed by atoms with E-state index in [1.54, 1.807) is 24.3 Å². The molecule has 0 atom stereocenters. The lowest BCUT2D eigenvalue weighted by Gasteiger charge is -2.19. The minimum absolute atomic E-state index is 0.00375. The van der Waals surface area contributed by atoms with Crippen molar-refractivity contribution in [2.75, 3.05) is 12.4 Å². The molecule has 156 valence electrons. The van der Waals surface area contributed by atoms with Gasteiger partial charge < -0.3 is 10.1 Å². The van der Waals surface area contributed by atoms with Gasteiger partial charge in [0.05, 0.1) is 7.11 Å². The van der Waals surface area contributed by atoms with E-state index in [0.29, 0.717) is 26.7 Å². The lowest BCUT2D eigenvalue weighted by Crippen LogP contribution is -2.15. The molecule has 6 heteroatoms. The maximum Gasteiger partial charge on any atom is 0.341 e. The second kappa shape index (κ2) is 8.62. The third-order valence-electron chi connectivity index (χ3n) is 4.83. The fraction of sp³-hybridized carbons (Fsp3) is 0.250. The van der Waals surface area contributed by atoms with Gasteiger partial charge in [-0.05, 0) is 47.7 Å². The number of nitrogens with one attached hydrogen (secondary N) is 1. The molecule has 0 fully saturated rings. The van der Waals surface area contributed by atoms with Crippen LogP contribution in [-0.4, -0.2) is 19.0 Å². The summed E-state index contributed by atoms with van der Waals surface area (Å²) >= 11 is 7.49. The average molecular weight is 442 g/mol. The molecule has 3 aromatic rings. The standard InChI is InChI=1S/C24H24ClNO3S/c1-14-19(16-7-6-8-18(25)13-16)20(23(28)29-5)22(30-14)26-21(27)15-9-11-17(12-10-15)24(2,3)4/h6-13H,1-5H3,(H,26,27). The summed E-state index contributed by atoms with van der Waals surface area (Å²) in [6.07, 6.45) is 0. The van der Waals surface area contributed by atoms with Crippen molar-refractivity contribution in [2.24, 2.45) is 0 Å². The number of ether oxygens (including phenoxy) is 1. The van der Waals surface area contributed by atoms with Gasteiger partial charge in [0.2, 0.25) is 0 Å². The number of hydrogen-bond acceptors (Lipinski definition) is 4. The summed E-state index contributed by atoms with van der Waals surface area (Å²) < 4.78 is 5.01. The van der Waals surface area contributed by atoms with Gasteiger partial charge in [-0.3, -0.25) is 4.79 Å². The summed E-state index contributed by atoms with van der Waals surface area (Å²) in [4.78, 5) is 26.4. The Morgan fingerprint density at radius 2 is 1.73 bits per heavy atom. The lowest BCUT2D eigenvalue weighted by molar-refractivity contribution is 0.0603. The highest BCUT2D eigenvalue weighted by Gasteiger charge is 2.25. The second-order valence-corrected chi connectivity index (χ2v) is 9.68. The number of aryl methyl sites for hydroxylation is 1. The molecule has 1 N–H and O–H groups in total. The van der Waals surface area contributed by atoms with E-state index in [-0.39, 0.29) is 11.3 Å². The summed E-state index contributed by atoms with van der Waals surface area (Å²) in [5.74, 6) is -0.785. The van der Waals surface area contributed by atoms with Gasteiger partial charge in [-0.25, -0.2) is 4.79 Å². The Kier molecular flexibility index (Phi) is 6.34. The van der Waals surface area contributed by atoms with Crippen molar-refractivity contribution in [3.8, 4) is 11.1 Å². The smallest absolute Gasteiger partial charge is 0.341 e. The first-order chi connectivity index (χ1) is 14.1. The van der Waals surface area contributed by atoms with E-state index < -0.39 is 5.97 Å². The lowest BCUT2D eigenvalue weighted by atomic mass is 9.87. The van der Waals surface area contributed by atoms with E-state index in [1.807, 2.05) is 31.2 Å². The van der Waals surface area contributed by atoms with Crippen molar-refractivity contribution in [2.45, 2.75) is 33.1 Å². The minimum Gasteiger partial charge on any atom is -0.465 e. The first kappa shape index (κ1) is 22.1. The number of thiophene rings is 1. The summed E-state index contributed by atoms with van der Waals surface area (Å²) in [7, 11) is 1.33. The maximum atomic E-state index is 12.9. The Hall–Kier alpha value is -2.63. The highest BCUT2D eigenvalue weighted by atomic mass is 35.5. The number of halogens is 1. The Morgan fingerprint density at radius 3 is 2.30 bits per heavy atom.